The van der Waals surface area contributed by atoms with Crippen LogP contribution in [0.5, 0.6) is 11.5 Å². The van der Waals surface area contributed by atoms with Crippen LogP contribution >= 0.6 is 15.9 Å². The lowest BCUT2D eigenvalue weighted by atomic mass is 10.1. The zero-order valence-corrected chi connectivity index (χ0v) is 15.2. The molecule has 2 aromatic carbocycles. The van der Waals surface area contributed by atoms with Crippen LogP contribution in [0.3, 0.4) is 0 Å². The fourth-order valence-electron chi connectivity index (χ4n) is 2.11. The number of carbonyl (C=O) groups excluding carboxylic acids is 1. The molecule has 0 aliphatic rings. The Bertz CT molecular complexity index is 635. The fraction of sp³-hybridized carbons (Fsp3) is 0.316. The van der Waals surface area contributed by atoms with E-state index in [-0.39, 0.29) is 16.7 Å². The van der Waals surface area contributed by atoms with E-state index >= 15 is 0 Å². The maximum absolute atomic E-state index is 12.1. The van der Waals surface area contributed by atoms with Gasteiger partial charge < -0.3 is 9.47 Å². The van der Waals surface area contributed by atoms with Crippen molar-refractivity contribution in [2.24, 2.45) is 5.92 Å². The SMILES string of the molecule is CCC(C)C(Br)C(=O)Oc1ccc(-c2ccc(OC)cc2)cc1. The van der Waals surface area contributed by atoms with Gasteiger partial charge in [0.2, 0.25) is 0 Å². The van der Waals surface area contributed by atoms with Crippen LogP contribution in [0.15, 0.2) is 48.5 Å². The molecular formula is C19H21BrO3. The topological polar surface area (TPSA) is 35.5 Å². The summed E-state index contributed by atoms with van der Waals surface area (Å²) in [6, 6.07) is 15.3. The first-order valence-corrected chi connectivity index (χ1v) is 8.57. The van der Waals surface area contributed by atoms with E-state index < -0.39 is 0 Å². The number of methoxy groups -OCH3 is 1. The Labute approximate surface area is 145 Å². The van der Waals surface area contributed by atoms with Crippen LogP contribution in [0, 0.1) is 5.92 Å². The van der Waals surface area contributed by atoms with Crippen molar-refractivity contribution < 1.29 is 14.3 Å². The quantitative estimate of drug-likeness (QED) is 0.400. The zero-order valence-electron chi connectivity index (χ0n) is 13.6. The molecule has 2 aromatic rings. The van der Waals surface area contributed by atoms with Crippen molar-refractivity contribution in [3.63, 3.8) is 0 Å². The number of hydrogen-bond donors (Lipinski definition) is 0. The number of esters is 1. The normalized spacial score (nSPS) is 13.2. The Morgan fingerprint density at radius 1 is 1.00 bits per heavy atom. The van der Waals surface area contributed by atoms with Crippen LogP contribution in [-0.2, 0) is 4.79 Å². The van der Waals surface area contributed by atoms with Crippen molar-refractivity contribution in [3.05, 3.63) is 48.5 Å². The fourth-order valence-corrected chi connectivity index (χ4v) is 2.58. The summed E-state index contributed by atoms with van der Waals surface area (Å²) in [4.78, 5) is 11.8. The third-order valence-electron chi connectivity index (χ3n) is 3.86. The Morgan fingerprint density at radius 2 is 1.48 bits per heavy atom. The first kappa shape index (κ1) is 17.5. The maximum atomic E-state index is 12.1. The number of halogens is 1. The van der Waals surface area contributed by atoms with Gasteiger partial charge in [0.1, 0.15) is 16.3 Å². The molecule has 0 aliphatic heterocycles. The molecule has 122 valence electrons. The van der Waals surface area contributed by atoms with Crippen LogP contribution in [0.25, 0.3) is 11.1 Å². The first-order valence-electron chi connectivity index (χ1n) is 7.65. The predicted octanol–water partition coefficient (Wildman–Crippen LogP) is 5.08. The Morgan fingerprint density at radius 3 is 1.91 bits per heavy atom. The molecule has 2 atom stereocenters. The highest BCUT2D eigenvalue weighted by Gasteiger charge is 2.22. The van der Waals surface area contributed by atoms with E-state index in [0.717, 1.165) is 23.3 Å². The molecule has 0 N–H and O–H groups in total. The molecule has 4 heteroatoms. The number of hydrogen-bond acceptors (Lipinski definition) is 3. The molecule has 0 spiro atoms. The van der Waals surface area contributed by atoms with Crippen LogP contribution < -0.4 is 9.47 Å². The summed E-state index contributed by atoms with van der Waals surface area (Å²) in [5, 5.41) is 0. The third-order valence-corrected chi connectivity index (χ3v) is 5.14. The molecule has 0 aliphatic carbocycles. The van der Waals surface area contributed by atoms with Gasteiger partial charge in [0.05, 0.1) is 7.11 Å². The van der Waals surface area contributed by atoms with Gasteiger partial charge in [-0.05, 0) is 41.3 Å². The number of alkyl halides is 1. The zero-order chi connectivity index (χ0) is 16.8. The van der Waals surface area contributed by atoms with E-state index in [1.54, 1.807) is 7.11 Å². The van der Waals surface area contributed by atoms with Gasteiger partial charge in [-0.15, -0.1) is 0 Å². The summed E-state index contributed by atoms with van der Waals surface area (Å²) in [5.41, 5.74) is 2.14. The van der Waals surface area contributed by atoms with E-state index in [9.17, 15) is 4.79 Å². The second-order valence-electron chi connectivity index (χ2n) is 5.46. The van der Waals surface area contributed by atoms with Gasteiger partial charge in [-0.25, -0.2) is 0 Å². The molecule has 0 aromatic heterocycles. The van der Waals surface area contributed by atoms with Gasteiger partial charge >= 0.3 is 5.97 Å². The van der Waals surface area contributed by atoms with E-state index in [0.29, 0.717) is 5.75 Å². The van der Waals surface area contributed by atoms with Crippen LogP contribution in [0.2, 0.25) is 0 Å². The molecule has 0 bridgehead atoms. The minimum absolute atomic E-state index is 0.237. The second-order valence-corrected chi connectivity index (χ2v) is 6.45. The van der Waals surface area contributed by atoms with E-state index in [1.165, 1.54) is 0 Å². The van der Waals surface area contributed by atoms with Crippen molar-refractivity contribution in [2.75, 3.05) is 7.11 Å². The molecule has 0 saturated carbocycles. The summed E-state index contributed by atoms with van der Waals surface area (Å²) >= 11 is 3.40. The van der Waals surface area contributed by atoms with Crippen LogP contribution in [-0.4, -0.2) is 17.9 Å². The van der Waals surface area contributed by atoms with Crippen molar-refractivity contribution in [1.29, 1.82) is 0 Å². The van der Waals surface area contributed by atoms with Crippen molar-refractivity contribution in [2.45, 2.75) is 25.1 Å². The summed E-state index contributed by atoms with van der Waals surface area (Å²) in [5.74, 6) is 1.37. The molecule has 2 unspecified atom stereocenters. The number of benzene rings is 2. The molecule has 0 heterocycles. The minimum Gasteiger partial charge on any atom is -0.497 e. The lowest BCUT2D eigenvalue weighted by molar-refractivity contribution is -0.134. The van der Waals surface area contributed by atoms with Gasteiger partial charge in [0.25, 0.3) is 0 Å². The molecule has 23 heavy (non-hydrogen) atoms. The molecule has 0 amide bonds. The average Bonchev–Trinajstić information content (AvgIpc) is 2.61. The summed E-state index contributed by atoms with van der Waals surface area (Å²) in [6.07, 6.45) is 0.918. The Balaban J connectivity index is 2.05. The van der Waals surface area contributed by atoms with Gasteiger partial charge in [0.15, 0.2) is 0 Å². The Hall–Kier alpha value is -1.81. The van der Waals surface area contributed by atoms with Gasteiger partial charge in [0, 0.05) is 0 Å². The molecular weight excluding hydrogens is 356 g/mol. The second kappa shape index (κ2) is 8.16. The van der Waals surface area contributed by atoms with Crippen LogP contribution in [0.1, 0.15) is 20.3 Å². The van der Waals surface area contributed by atoms with E-state index in [4.69, 9.17) is 9.47 Å². The number of rotatable bonds is 6. The molecule has 2 rings (SSSR count). The summed E-state index contributed by atoms with van der Waals surface area (Å²) in [7, 11) is 1.65. The molecule has 3 nitrogen and oxygen atoms in total. The van der Waals surface area contributed by atoms with Gasteiger partial charge in [-0.3, -0.25) is 4.79 Å². The maximum Gasteiger partial charge on any atom is 0.325 e. The predicted molar refractivity (Wildman–Crippen MR) is 96.2 cm³/mol. The molecule has 0 radical (unpaired) electrons. The highest BCUT2D eigenvalue weighted by molar-refractivity contribution is 9.10. The third kappa shape index (κ3) is 4.58. The first-order chi connectivity index (χ1) is 11.0. The van der Waals surface area contributed by atoms with Crippen LogP contribution in [0.4, 0.5) is 0 Å². The highest BCUT2D eigenvalue weighted by atomic mass is 79.9. The van der Waals surface area contributed by atoms with Gasteiger partial charge in [-0.2, -0.15) is 0 Å². The van der Waals surface area contributed by atoms with Gasteiger partial charge in [-0.1, -0.05) is 60.5 Å². The van der Waals surface area contributed by atoms with E-state index in [2.05, 4.69) is 22.9 Å². The standard InChI is InChI=1S/C19H21BrO3/c1-4-13(2)18(20)19(21)23-17-11-7-15(8-12-17)14-5-9-16(22-3)10-6-14/h5-13,18H,4H2,1-3H3. The molecule has 0 saturated heterocycles. The minimum atomic E-state index is -0.284. The van der Waals surface area contributed by atoms with E-state index in [1.807, 2.05) is 55.5 Å². The summed E-state index contributed by atoms with van der Waals surface area (Å²) < 4.78 is 10.6. The van der Waals surface area contributed by atoms with Crippen molar-refractivity contribution >= 4 is 21.9 Å². The average molecular weight is 377 g/mol. The lowest BCUT2D eigenvalue weighted by Crippen LogP contribution is -2.26. The largest absolute Gasteiger partial charge is 0.497 e. The highest BCUT2D eigenvalue weighted by Crippen LogP contribution is 2.25. The number of carbonyl (C=O) groups is 1. The number of ether oxygens (including phenoxy) is 2. The summed E-state index contributed by atoms with van der Waals surface area (Å²) in [6.45, 7) is 4.07. The monoisotopic (exact) mass is 376 g/mol. The van der Waals surface area contributed by atoms with Crippen molar-refractivity contribution in [3.8, 4) is 22.6 Å². The molecule has 0 fully saturated rings. The Kier molecular flexibility index (Phi) is 6.22. The smallest absolute Gasteiger partial charge is 0.325 e. The lowest BCUT2D eigenvalue weighted by Gasteiger charge is -2.15. The van der Waals surface area contributed by atoms with Crippen molar-refractivity contribution in [1.82, 2.24) is 0 Å².